The van der Waals surface area contributed by atoms with Crippen LogP contribution in [0, 0.1) is 3.57 Å². The van der Waals surface area contributed by atoms with Gasteiger partial charge in [0.25, 0.3) is 5.91 Å². The molecule has 0 bridgehead atoms. The predicted molar refractivity (Wildman–Crippen MR) is 83.1 cm³/mol. The maximum atomic E-state index is 11.9. The molecule has 0 aliphatic carbocycles. The highest BCUT2D eigenvalue weighted by molar-refractivity contribution is 14.1. The fourth-order valence-electron chi connectivity index (χ4n) is 2.15. The van der Waals surface area contributed by atoms with E-state index in [9.17, 15) is 9.59 Å². The zero-order valence-electron chi connectivity index (χ0n) is 11.0. The molecular formula is C14H16INO4. The quantitative estimate of drug-likeness (QED) is 0.600. The average molecular weight is 389 g/mol. The number of carbonyl (C=O) groups is 2. The number of carboxylic acids is 1. The van der Waals surface area contributed by atoms with Crippen molar-refractivity contribution >= 4 is 40.2 Å². The Labute approximate surface area is 131 Å². The van der Waals surface area contributed by atoms with Crippen molar-refractivity contribution in [3.63, 3.8) is 0 Å². The third kappa shape index (κ3) is 3.84. The van der Waals surface area contributed by atoms with Gasteiger partial charge in [0.1, 0.15) is 5.75 Å². The highest BCUT2D eigenvalue weighted by Gasteiger charge is 2.24. The first kappa shape index (κ1) is 15.1. The maximum absolute atomic E-state index is 11.9. The minimum atomic E-state index is -0.771. The van der Waals surface area contributed by atoms with Crippen LogP contribution in [0.2, 0.25) is 0 Å². The Kier molecular flexibility index (Phi) is 5.22. The van der Waals surface area contributed by atoms with Crippen molar-refractivity contribution in [2.75, 3.05) is 18.1 Å². The SMILES string of the molecule is O=C(O)CCCCCN1C(=O)COc2cc(I)ccc21. The Hall–Kier alpha value is -1.31. The van der Waals surface area contributed by atoms with Crippen LogP contribution in [-0.2, 0) is 9.59 Å². The van der Waals surface area contributed by atoms with Gasteiger partial charge in [-0.05, 0) is 53.6 Å². The summed E-state index contributed by atoms with van der Waals surface area (Å²) in [6.45, 7) is 0.678. The van der Waals surface area contributed by atoms with Crippen LogP contribution in [0.25, 0.3) is 0 Å². The zero-order chi connectivity index (χ0) is 14.5. The number of rotatable bonds is 6. The van der Waals surface area contributed by atoms with Crippen LogP contribution < -0.4 is 9.64 Å². The lowest BCUT2D eigenvalue weighted by Gasteiger charge is -2.29. The number of amides is 1. The van der Waals surface area contributed by atoms with Crippen molar-refractivity contribution in [1.82, 2.24) is 0 Å². The largest absolute Gasteiger partial charge is 0.482 e. The molecule has 0 atom stereocenters. The molecular weight excluding hydrogens is 373 g/mol. The van der Waals surface area contributed by atoms with Crippen LogP contribution in [0.1, 0.15) is 25.7 Å². The molecule has 1 aliphatic heterocycles. The van der Waals surface area contributed by atoms with E-state index in [2.05, 4.69) is 22.6 Å². The molecule has 108 valence electrons. The van der Waals surface area contributed by atoms with Gasteiger partial charge in [0.2, 0.25) is 0 Å². The van der Waals surface area contributed by atoms with E-state index in [0.717, 1.165) is 27.8 Å². The number of nitrogens with zero attached hydrogens (tertiary/aromatic N) is 1. The topological polar surface area (TPSA) is 66.8 Å². The van der Waals surface area contributed by atoms with Gasteiger partial charge in [0.15, 0.2) is 6.61 Å². The molecule has 6 heteroatoms. The lowest BCUT2D eigenvalue weighted by molar-refractivity contribution is -0.137. The van der Waals surface area contributed by atoms with E-state index in [1.807, 2.05) is 18.2 Å². The van der Waals surface area contributed by atoms with Crippen LogP contribution in [0.5, 0.6) is 5.75 Å². The van der Waals surface area contributed by atoms with Crippen LogP contribution >= 0.6 is 22.6 Å². The minimum Gasteiger partial charge on any atom is -0.482 e. The van der Waals surface area contributed by atoms with Gasteiger partial charge in [0.05, 0.1) is 5.69 Å². The van der Waals surface area contributed by atoms with E-state index in [4.69, 9.17) is 9.84 Å². The molecule has 1 N–H and O–H groups in total. The van der Waals surface area contributed by atoms with Gasteiger partial charge in [-0.2, -0.15) is 0 Å². The summed E-state index contributed by atoms with van der Waals surface area (Å²) < 4.78 is 6.50. The van der Waals surface area contributed by atoms with E-state index in [-0.39, 0.29) is 18.9 Å². The lowest BCUT2D eigenvalue weighted by atomic mass is 10.1. The number of carboxylic acid groups (broad SMARTS) is 1. The molecule has 0 fully saturated rings. The van der Waals surface area contributed by atoms with Crippen molar-refractivity contribution in [2.24, 2.45) is 0 Å². The van der Waals surface area contributed by atoms with Gasteiger partial charge < -0.3 is 14.7 Å². The van der Waals surface area contributed by atoms with Gasteiger partial charge in [-0.1, -0.05) is 6.42 Å². The lowest BCUT2D eigenvalue weighted by Crippen LogP contribution is -2.39. The third-order valence-corrected chi connectivity index (χ3v) is 3.81. The Morgan fingerprint density at radius 1 is 1.35 bits per heavy atom. The molecule has 0 radical (unpaired) electrons. The summed E-state index contributed by atoms with van der Waals surface area (Å²) in [5.41, 5.74) is 0.805. The number of unbranched alkanes of at least 4 members (excludes halogenated alkanes) is 2. The second-order valence-corrected chi connectivity index (χ2v) is 5.90. The molecule has 1 aliphatic rings. The summed E-state index contributed by atoms with van der Waals surface area (Å²) in [4.78, 5) is 24.1. The molecule has 0 saturated carbocycles. The van der Waals surface area contributed by atoms with E-state index in [1.54, 1.807) is 4.90 Å². The van der Waals surface area contributed by atoms with Crippen molar-refractivity contribution < 1.29 is 19.4 Å². The first-order valence-corrected chi connectivity index (χ1v) is 7.60. The van der Waals surface area contributed by atoms with Crippen LogP contribution in [0.3, 0.4) is 0 Å². The highest BCUT2D eigenvalue weighted by atomic mass is 127. The van der Waals surface area contributed by atoms with E-state index >= 15 is 0 Å². The Balaban J connectivity index is 1.94. The molecule has 1 heterocycles. The van der Waals surface area contributed by atoms with E-state index in [0.29, 0.717) is 13.0 Å². The summed E-state index contributed by atoms with van der Waals surface area (Å²) >= 11 is 2.20. The number of carbonyl (C=O) groups excluding carboxylic acids is 1. The number of benzene rings is 1. The number of halogens is 1. The molecule has 0 spiro atoms. The number of hydrogen-bond donors (Lipinski definition) is 1. The van der Waals surface area contributed by atoms with Crippen LogP contribution in [0.15, 0.2) is 18.2 Å². The third-order valence-electron chi connectivity index (χ3n) is 3.14. The number of fused-ring (bicyclic) bond motifs is 1. The van der Waals surface area contributed by atoms with E-state index < -0.39 is 5.97 Å². The molecule has 0 aromatic heterocycles. The summed E-state index contributed by atoms with van der Waals surface area (Å²) in [7, 11) is 0. The number of anilines is 1. The van der Waals surface area contributed by atoms with Gasteiger partial charge in [0, 0.05) is 16.5 Å². The maximum Gasteiger partial charge on any atom is 0.303 e. The fraction of sp³-hybridized carbons (Fsp3) is 0.429. The monoisotopic (exact) mass is 389 g/mol. The Morgan fingerprint density at radius 2 is 2.15 bits per heavy atom. The highest BCUT2D eigenvalue weighted by Crippen LogP contribution is 2.33. The average Bonchev–Trinajstić information content (AvgIpc) is 2.40. The van der Waals surface area contributed by atoms with Crippen LogP contribution in [0.4, 0.5) is 5.69 Å². The Bertz CT molecular complexity index is 518. The molecule has 20 heavy (non-hydrogen) atoms. The van der Waals surface area contributed by atoms with Gasteiger partial charge in [-0.3, -0.25) is 9.59 Å². The van der Waals surface area contributed by atoms with Crippen molar-refractivity contribution in [2.45, 2.75) is 25.7 Å². The number of hydrogen-bond acceptors (Lipinski definition) is 3. The van der Waals surface area contributed by atoms with Crippen LogP contribution in [-0.4, -0.2) is 30.1 Å². The van der Waals surface area contributed by atoms with Gasteiger partial charge in [-0.25, -0.2) is 0 Å². The molecule has 5 nitrogen and oxygen atoms in total. The van der Waals surface area contributed by atoms with Gasteiger partial charge >= 0.3 is 5.97 Å². The number of ether oxygens (including phenoxy) is 1. The van der Waals surface area contributed by atoms with Crippen molar-refractivity contribution in [3.05, 3.63) is 21.8 Å². The summed E-state index contributed by atoms with van der Waals surface area (Å²) in [5.74, 6) is -0.0775. The smallest absolute Gasteiger partial charge is 0.303 e. The van der Waals surface area contributed by atoms with Crippen molar-refractivity contribution in [1.29, 1.82) is 0 Å². The molecule has 1 aromatic rings. The number of aliphatic carboxylic acids is 1. The summed E-state index contributed by atoms with van der Waals surface area (Å²) in [6.07, 6.45) is 2.43. The van der Waals surface area contributed by atoms with Crippen molar-refractivity contribution in [3.8, 4) is 5.75 Å². The molecule has 1 amide bonds. The molecule has 0 unspecified atom stereocenters. The molecule has 1 aromatic carbocycles. The first-order valence-electron chi connectivity index (χ1n) is 6.52. The minimum absolute atomic E-state index is 0.0445. The predicted octanol–water partition coefficient (Wildman–Crippen LogP) is 2.66. The molecule has 0 saturated heterocycles. The first-order chi connectivity index (χ1) is 9.58. The summed E-state index contributed by atoms with van der Waals surface area (Å²) in [6, 6.07) is 5.75. The fourth-order valence-corrected chi connectivity index (χ4v) is 2.61. The standard InChI is InChI=1S/C14H16INO4/c15-10-5-6-11-12(8-10)20-9-13(17)16(11)7-3-1-2-4-14(18)19/h5-6,8H,1-4,7,9H2,(H,18,19). The van der Waals surface area contributed by atoms with Gasteiger partial charge in [-0.15, -0.1) is 0 Å². The second-order valence-electron chi connectivity index (χ2n) is 4.65. The second kappa shape index (κ2) is 6.92. The Morgan fingerprint density at radius 3 is 2.90 bits per heavy atom. The van der Waals surface area contributed by atoms with E-state index in [1.165, 1.54) is 0 Å². The zero-order valence-corrected chi connectivity index (χ0v) is 13.1. The molecule has 2 rings (SSSR count). The summed E-state index contributed by atoms with van der Waals surface area (Å²) in [5, 5.41) is 8.58. The normalized spacial score (nSPS) is 13.8.